The number of imidazole rings is 2. The van der Waals surface area contributed by atoms with Crippen LogP contribution in [-0.2, 0) is 16.1 Å². The number of alkyl carbamates (subject to hydrolysis) is 1. The van der Waals surface area contributed by atoms with Crippen molar-refractivity contribution in [2.24, 2.45) is 5.92 Å². The van der Waals surface area contributed by atoms with Crippen molar-refractivity contribution in [1.29, 1.82) is 0 Å². The lowest BCUT2D eigenvalue weighted by molar-refractivity contribution is -0.137. The number of rotatable bonds is 6. The Morgan fingerprint density at radius 1 is 1.04 bits per heavy atom. The first-order chi connectivity index (χ1) is 23.7. The molecule has 12 heteroatoms. The van der Waals surface area contributed by atoms with E-state index in [9.17, 15) is 9.59 Å². The summed E-state index contributed by atoms with van der Waals surface area (Å²) in [5, 5.41) is 4.84. The summed E-state index contributed by atoms with van der Waals surface area (Å²) in [5.41, 5.74) is 7.24. The summed E-state index contributed by atoms with van der Waals surface area (Å²) in [6.45, 7) is 7.44. The van der Waals surface area contributed by atoms with Crippen molar-refractivity contribution >= 4 is 43.2 Å². The molecule has 2 amide bonds. The quantitative estimate of drug-likeness (QED) is 0.165. The summed E-state index contributed by atoms with van der Waals surface area (Å²) in [6.07, 6.45) is 5.24. The normalized spacial score (nSPS) is 21.2. The number of carbonyl (C=O) groups excluding carboxylic acids is 2. The minimum Gasteiger partial charge on any atom is -0.488 e. The Balaban J connectivity index is 1.10. The molecule has 8 rings (SSSR count). The van der Waals surface area contributed by atoms with Gasteiger partial charge in [0.1, 0.15) is 30.0 Å². The molecule has 0 aliphatic carbocycles. The molecule has 0 spiro atoms. The fourth-order valence-corrected chi connectivity index (χ4v) is 8.33. The van der Waals surface area contributed by atoms with Gasteiger partial charge in [0, 0.05) is 23.5 Å². The molecule has 1 unspecified atom stereocenters. The van der Waals surface area contributed by atoms with E-state index in [2.05, 4.69) is 72.7 Å². The fraction of sp³-hybridized carbons (Fsp3) is 0.405. The Hall–Kier alpha value is -4.47. The second kappa shape index (κ2) is 12.4. The van der Waals surface area contributed by atoms with Crippen molar-refractivity contribution in [3.05, 3.63) is 65.9 Å². The highest BCUT2D eigenvalue weighted by Gasteiger charge is 2.41. The molecular formula is C37H42N7O4P. The van der Waals surface area contributed by atoms with Gasteiger partial charge >= 0.3 is 6.09 Å². The molecule has 3 N–H and O–H groups in total. The van der Waals surface area contributed by atoms with Gasteiger partial charge in [-0.05, 0) is 84.9 Å². The topological polar surface area (TPSA) is 128 Å². The first kappa shape index (κ1) is 31.8. The van der Waals surface area contributed by atoms with Crippen LogP contribution in [-0.4, -0.2) is 67.2 Å². The SMILES string of the molecule is COC(=O)N[C@H](C(=O)N1[C@@H](C)CC[C@H]1c1nc2ccc3cc4c(cc3c2[nH]1)OCc1cc(-c2cnc([C@@H]3CCCN3P)[nH]2)ccc1-4)C(C)C. The Kier molecular flexibility index (Phi) is 8.07. The van der Waals surface area contributed by atoms with Gasteiger partial charge in [-0.2, -0.15) is 0 Å². The summed E-state index contributed by atoms with van der Waals surface area (Å²) in [4.78, 5) is 44.7. The van der Waals surface area contributed by atoms with Crippen LogP contribution >= 0.6 is 9.39 Å². The summed E-state index contributed by atoms with van der Waals surface area (Å²) in [7, 11) is 4.14. The Morgan fingerprint density at radius 2 is 1.90 bits per heavy atom. The summed E-state index contributed by atoms with van der Waals surface area (Å²) >= 11 is 0. The van der Waals surface area contributed by atoms with Gasteiger partial charge in [0.25, 0.3) is 0 Å². The molecule has 5 atom stereocenters. The summed E-state index contributed by atoms with van der Waals surface area (Å²) < 4.78 is 13.5. The minimum atomic E-state index is -0.696. The molecule has 0 radical (unpaired) electrons. The van der Waals surface area contributed by atoms with Crippen LogP contribution in [0.5, 0.6) is 5.75 Å². The number of hydrogen-bond donors (Lipinski definition) is 3. The smallest absolute Gasteiger partial charge is 0.407 e. The molecule has 2 fully saturated rings. The number of fused-ring (bicyclic) bond motifs is 6. The van der Waals surface area contributed by atoms with E-state index in [-0.39, 0.29) is 23.9 Å². The zero-order valence-electron chi connectivity index (χ0n) is 28.2. The zero-order valence-corrected chi connectivity index (χ0v) is 29.4. The number of aromatic amines is 2. The van der Waals surface area contributed by atoms with Crippen LogP contribution in [0.15, 0.2) is 48.7 Å². The van der Waals surface area contributed by atoms with E-state index in [1.165, 1.54) is 19.1 Å². The lowest BCUT2D eigenvalue weighted by Crippen LogP contribution is -2.52. The van der Waals surface area contributed by atoms with Gasteiger partial charge in [0.05, 0.1) is 42.1 Å². The van der Waals surface area contributed by atoms with Crippen molar-refractivity contribution in [1.82, 2.24) is 34.8 Å². The van der Waals surface area contributed by atoms with Gasteiger partial charge in [-0.25, -0.2) is 14.8 Å². The first-order valence-electron chi connectivity index (χ1n) is 17.2. The number of H-pyrrole nitrogens is 2. The monoisotopic (exact) mass is 679 g/mol. The number of methoxy groups -OCH3 is 1. The summed E-state index contributed by atoms with van der Waals surface area (Å²) in [6, 6.07) is 14.4. The maximum atomic E-state index is 13.9. The predicted octanol–water partition coefficient (Wildman–Crippen LogP) is 7.03. The Bertz CT molecular complexity index is 2090. The second-order valence-corrected chi connectivity index (χ2v) is 14.6. The standard InChI is InChI=1S/C37H42N7O4P/c1-19(2)32(42-37(46)47-4)36(45)44-20(3)7-12-30(44)35-39-27-11-9-21-15-26-24-10-8-22(28-17-38-34(40-28)29-6-5-13-43(29)49)14-23(24)18-48-31(26)16-25(21)33(27)41-35/h8-11,14-17,19-20,29-30,32H,5-7,12-13,18,49H2,1-4H3,(H,38,40)(H,39,41)(H,42,46)/t20-,29-,30-,32-/m0/s1. The van der Waals surface area contributed by atoms with Gasteiger partial charge in [0.15, 0.2) is 0 Å². The third-order valence-electron chi connectivity index (χ3n) is 10.5. The van der Waals surface area contributed by atoms with Gasteiger partial charge < -0.3 is 29.7 Å². The van der Waals surface area contributed by atoms with E-state index in [1.54, 1.807) is 0 Å². The number of nitrogens with zero attached hydrogens (tertiary/aromatic N) is 4. The van der Waals surface area contributed by atoms with Crippen molar-refractivity contribution in [3.8, 4) is 28.1 Å². The number of amides is 2. The molecule has 3 aliphatic rings. The Morgan fingerprint density at radius 3 is 2.67 bits per heavy atom. The van der Waals surface area contributed by atoms with E-state index < -0.39 is 12.1 Å². The number of hydrogen-bond acceptors (Lipinski definition) is 7. The Labute approximate surface area is 287 Å². The van der Waals surface area contributed by atoms with Crippen molar-refractivity contribution in [2.45, 2.75) is 77.2 Å². The van der Waals surface area contributed by atoms with Crippen LogP contribution in [0.25, 0.3) is 44.2 Å². The number of likely N-dealkylation sites (tertiary alicyclic amines) is 1. The van der Waals surface area contributed by atoms with Crippen molar-refractivity contribution in [3.63, 3.8) is 0 Å². The van der Waals surface area contributed by atoms with E-state index in [0.717, 1.165) is 87.4 Å². The molecule has 254 valence electrons. The fourth-order valence-electron chi connectivity index (χ4n) is 7.86. The van der Waals surface area contributed by atoms with Crippen LogP contribution < -0.4 is 10.1 Å². The number of nitrogens with one attached hydrogen (secondary N) is 3. The number of aromatic nitrogens is 4. The van der Waals surface area contributed by atoms with Crippen LogP contribution in [0, 0.1) is 5.92 Å². The van der Waals surface area contributed by atoms with Crippen LogP contribution in [0.4, 0.5) is 4.79 Å². The second-order valence-electron chi connectivity index (χ2n) is 13.9. The van der Waals surface area contributed by atoms with Crippen molar-refractivity contribution in [2.75, 3.05) is 13.7 Å². The van der Waals surface area contributed by atoms with Crippen LogP contribution in [0.3, 0.4) is 0 Å². The first-order valence-corrected chi connectivity index (χ1v) is 17.7. The maximum absolute atomic E-state index is 13.9. The highest BCUT2D eigenvalue weighted by atomic mass is 31.0. The lowest BCUT2D eigenvalue weighted by Gasteiger charge is -2.32. The van der Waals surface area contributed by atoms with Gasteiger partial charge in [0.2, 0.25) is 5.91 Å². The van der Waals surface area contributed by atoms with Crippen LogP contribution in [0.2, 0.25) is 0 Å². The third-order valence-corrected chi connectivity index (χ3v) is 11.1. The molecule has 11 nitrogen and oxygen atoms in total. The predicted molar refractivity (Wildman–Crippen MR) is 192 cm³/mol. The molecule has 0 saturated carbocycles. The van der Waals surface area contributed by atoms with E-state index in [4.69, 9.17) is 19.4 Å². The van der Waals surface area contributed by atoms with Gasteiger partial charge in [-0.15, -0.1) is 0 Å². The molecule has 49 heavy (non-hydrogen) atoms. The molecular weight excluding hydrogens is 637 g/mol. The largest absolute Gasteiger partial charge is 0.488 e. The van der Waals surface area contributed by atoms with E-state index in [1.807, 2.05) is 31.0 Å². The molecule has 0 bridgehead atoms. The van der Waals surface area contributed by atoms with E-state index in [0.29, 0.717) is 12.6 Å². The highest BCUT2D eigenvalue weighted by Crippen LogP contribution is 2.44. The minimum absolute atomic E-state index is 0.00701. The number of ether oxygens (including phenoxy) is 2. The van der Waals surface area contributed by atoms with E-state index >= 15 is 0 Å². The molecule has 5 aromatic rings. The summed E-state index contributed by atoms with van der Waals surface area (Å²) in [5.74, 6) is 2.36. The van der Waals surface area contributed by atoms with Crippen molar-refractivity contribution < 1.29 is 19.1 Å². The number of carbonyl (C=O) groups is 2. The maximum Gasteiger partial charge on any atom is 0.407 e. The number of benzene rings is 3. The lowest BCUT2D eigenvalue weighted by atomic mass is 9.92. The zero-order chi connectivity index (χ0) is 34.0. The molecule has 3 aromatic carbocycles. The molecule has 2 aromatic heterocycles. The van der Waals surface area contributed by atoms with Gasteiger partial charge in [-0.1, -0.05) is 41.4 Å². The van der Waals surface area contributed by atoms with Crippen LogP contribution in [0.1, 0.15) is 75.8 Å². The van der Waals surface area contributed by atoms with Gasteiger partial charge in [-0.3, -0.25) is 9.46 Å². The average molecular weight is 680 g/mol. The highest BCUT2D eigenvalue weighted by molar-refractivity contribution is 7.13. The average Bonchev–Trinajstić information content (AvgIpc) is 3.91. The molecule has 3 aliphatic heterocycles. The third kappa shape index (κ3) is 5.53. The molecule has 2 saturated heterocycles. The molecule has 5 heterocycles.